The Morgan fingerprint density at radius 2 is 1.95 bits per heavy atom. The summed E-state index contributed by atoms with van der Waals surface area (Å²) in [7, 11) is 0. The van der Waals surface area contributed by atoms with Crippen molar-refractivity contribution < 1.29 is 5.11 Å². The van der Waals surface area contributed by atoms with Crippen LogP contribution in [0, 0.1) is 5.92 Å². The first-order valence-corrected chi connectivity index (χ1v) is 7.24. The van der Waals surface area contributed by atoms with Crippen molar-refractivity contribution in [1.29, 1.82) is 0 Å². The highest BCUT2D eigenvalue weighted by Crippen LogP contribution is 2.31. The van der Waals surface area contributed by atoms with E-state index in [1.54, 1.807) is 0 Å². The lowest BCUT2D eigenvalue weighted by atomic mass is 9.90. The molecule has 1 aromatic rings. The molecule has 0 heterocycles. The highest BCUT2D eigenvalue weighted by Gasteiger charge is 2.33. The Labute approximate surface area is 116 Å². The number of hydrogen-bond acceptors (Lipinski definition) is 3. The highest BCUT2D eigenvalue weighted by molar-refractivity contribution is 5.24. The number of nitrogens with two attached hydrogens (primary N) is 1. The van der Waals surface area contributed by atoms with E-state index in [1.165, 1.54) is 12.8 Å². The van der Waals surface area contributed by atoms with Gasteiger partial charge < -0.3 is 10.8 Å². The lowest BCUT2D eigenvalue weighted by Crippen LogP contribution is -2.52. The Balaban J connectivity index is 2.11. The summed E-state index contributed by atoms with van der Waals surface area (Å²) in [5.41, 5.74) is 6.81. The molecule has 0 aliphatic heterocycles. The minimum Gasteiger partial charge on any atom is -0.394 e. The van der Waals surface area contributed by atoms with Crippen LogP contribution in [0.2, 0.25) is 0 Å². The molecular weight excluding hydrogens is 236 g/mol. The molecule has 0 amide bonds. The highest BCUT2D eigenvalue weighted by atomic mass is 16.3. The van der Waals surface area contributed by atoms with Crippen LogP contribution >= 0.6 is 0 Å². The normalized spacial score (nSPS) is 18.8. The number of rotatable bonds is 7. The molecule has 1 unspecified atom stereocenters. The van der Waals surface area contributed by atoms with Crippen molar-refractivity contribution in [2.24, 2.45) is 11.7 Å². The summed E-state index contributed by atoms with van der Waals surface area (Å²) >= 11 is 0. The summed E-state index contributed by atoms with van der Waals surface area (Å²) in [5.74, 6) is 0.834. The van der Waals surface area contributed by atoms with E-state index >= 15 is 0 Å². The van der Waals surface area contributed by atoms with Crippen LogP contribution in [-0.2, 0) is 5.54 Å². The fourth-order valence-corrected chi connectivity index (χ4v) is 2.46. The second-order valence-electron chi connectivity index (χ2n) is 6.15. The van der Waals surface area contributed by atoms with E-state index < -0.39 is 5.54 Å². The molecule has 1 aliphatic carbocycles. The first kappa shape index (κ1) is 14.5. The molecule has 1 aromatic carbocycles. The Hall–Kier alpha value is -0.900. The van der Waals surface area contributed by atoms with Crippen molar-refractivity contribution in [3.8, 4) is 0 Å². The maximum Gasteiger partial charge on any atom is 0.0773 e. The molecule has 19 heavy (non-hydrogen) atoms. The average Bonchev–Trinajstić information content (AvgIpc) is 3.22. The van der Waals surface area contributed by atoms with E-state index in [-0.39, 0.29) is 6.61 Å². The van der Waals surface area contributed by atoms with E-state index in [9.17, 15) is 5.11 Å². The summed E-state index contributed by atoms with van der Waals surface area (Å²) < 4.78 is 0. The molecule has 1 saturated carbocycles. The third-order valence-corrected chi connectivity index (χ3v) is 4.04. The summed E-state index contributed by atoms with van der Waals surface area (Å²) in [6.45, 7) is 6.19. The Bertz CT molecular complexity index is 389. The zero-order valence-electron chi connectivity index (χ0n) is 12.0. The van der Waals surface area contributed by atoms with Gasteiger partial charge in [0.15, 0.2) is 0 Å². The molecule has 3 heteroatoms. The summed E-state index contributed by atoms with van der Waals surface area (Å²) in [6, 6.07) is 10.4. The summed E-state index contributed by atoms with van der Waals surface area (Å²) in [6.07, 6.45) is 2.68. The molecule has 0 spiro atoms. The first-order valence-electron chi connectivity index (χ1n) is 7.24. The van der Waals surface area contributed by atoms with E-state index in [4.69, 9.17) is 5.73 Å². The predicted octanol–water partition coefficient (Wildman–Crippen LogP) is 1.95. The Morgan fingerprint density at radius 1 is 1.32 bits per heavy atom. The first-order chi connectivity index (χ1) is 9.05. The fourth-order valence-electron chi connectivity index (χ4n) is 2.46. The molecule has 3 nitrogen and oxygen atoms in total. The topological polar surface area (TPSA) is 49.5 Å². The van der Waals surface area contributed by atoms with E-state index in [2.05, 4.69) is 18.7 Å². The van der Waals surface area contributed by atoms with Gasteiger partial charge in [-0.15, -0.1) is 0 Å². The molecule has 1 atom stereocenters. The molecule has 0 bridgehead atoms. The smallest absolute Gasteiger partial charge is 0.0773 e. The van der Waals surface area contributed by atoms with Crippen LogP contribution in [0.25, 0.3) is 0 Å². The van der Waals surface area contributed by atoms with Crippen LogP contribution in [0.1, 0.15) is 32.3 Å². The number of nitrogens with zero attached hydrogens (tertiary/aromatic N) is 1. The zero-order chi connectivity index (χ0) is 13.9. The van der Waals surface area contributed by atoms with Gasteiger partial charge in [-0.05, 0) is 38.2 Å². The van der Waals surface area contributed by atoms with Crippen molar-refractivity contribution in [3.05, 3.63) is 35.9 Å². The van der Waals surface area contributed by atoms with Gasteiger partial charge in [0.2, 0.25) is 0 Å². The van der Waals surface area contributed by atoms with Gasteiger partial charge in [-0.1, -0.05) is 30.3 Å². The Kier molecular flexibility index (Phi) is 4.61. The maximum absolute atomic E-state index is 9.77. The van der Waals surface area contributed by atoms with E-state index in [0.29, 0.717) is 12.6 Å². The van der Waals surface area contributed by atoms with Gasteiger partial charge in [0.25, 0.3) is 0 Å². The minimum absolute atomic E-state index is 0.0229. The Morgan fingerprint density at radius 3 is 2.42 bits per heavy atom. The molecular formula is C16H26N2O. The number of aliphatic hydroxyl groups is 1. The zero-order valence-corrected chi connectivity index (χ0v) is 12.0. The van der Waals surface area contributed by atoms with Crippen LogP contribution in [0.15, 0.2) is 30.3 Å². The third kappa shape index (κ3) is 3.78. The van der Waals surface area contributed by atoms with Crippen LogP contribution in [0.3, 0.4) is 0 Å². The van der Waals surface area contributed by atoms with Crippen LogP contribution < -0.4 is 5.73 Å². The minimum atomic E-state index is -0.666. The van der Waals surface area contributed by atoms with Gasteiger partial charge in [0.1, 0.15) is 0 Å². The maximum atomic E-state index is 9.77. The van der Waals surface area contributed by atoms with Crippen LogP contribution in [0.5, 0.6) is 0 Å². The monoisotopic (exact) mass is 262 g/mol. The second-order valence-corrected chi connectivity index (χ2v) is 6.15. The molecule has 0 aromatic heterocycles. The van der Waals surface area contributed by atoms with Gasteiger partial charge >= 0.3 is 0 Å². The SMILES string of the molecule is CC(C)N(CC1CC1)CC(N)(CO)c1ccccc1. The van der Waals surface area contributed by atoms with Gasteiger partial charge in [-0.3, -0.25) is 4.90 Å². The van der Waals surface area contributed by atoms with E-state index in [1.807, 2.05) is 30.3 Å². The second kappa shape index (κ2) is 6.04. The number of aliphatic hydroxyl groups excluding tert-OH is 1. The largest absolute Gasteiger partial charge is 0.394 e. The number of benzene rings is 1. The van der Waals surface area contributed by atoms with Gasteiger partial charge in [-0.25, -0.2) is 0 Å². The molecule has 3 N–H and O–H groups in total. The predicted molar refractivity (Wildman–Crippen MR) is 78.8 cm³/mol. The quantitative estimate of drug-likeness (QED) is 0.789. The van der Waals surface area contributed by atoms with Crippen molar-refractivity contribution >= 4 is 0 Å². The summed E-state index contributed by atoms with van der Waals surface area (Å²) in [4.78, 5) is 2.40. The molecule has 106 valence electrons. The van der Waals surface area contributed by atoms with Gasteiger partial charge in [0, 0.05) is 19.1 Å². The lowest BCUT2D eigenvalue weighted by Gasteiger charge is -2.36. The molecule has 0 saturated heterocycles. The molecule has 1 fully saturated rings. The van der Waals surface area contributed by atoms with Crippen molar-refractivity contribution in [2.75, 3.05) is 19.7 Å². The van der Waals surface area contributed by atoms with Crippen molar-refractivity contribution in [2.45, 2.75) is 38.3 Å². The summed E-state index contributed by atoms with van der Waals surface area (Å²) in [5, 5.41) is 9.77. The molecule has 1 aliphatic rings. The standard InChI is InChI=1S/C16H26N2O/c1-13(2)18(10-14-8-9-14)11-16(17,12-19)15-6-4-3-5-7-15/h3-7,13-14,19H,8-12,17H2,1-2H3. The van der Waals surface area contributed by atoms with Gasteiger partial charge in [-0.2, -0.15) is 0 Å². The number of hydrogen-bond donors (Lipinski definition) is 2. The average molecular weight is 262 g/mol. The van der Waals surface area contributed by atoms with Crippen LogP contribution in [-0.4, -0.2) is 35.7 Å². The van der Waals surface area contributed by atoms with Crippen LogP contribution in [0.4, 0.5) is 0 Å². The fraction of sp³-hybridized carbons (Fsp3) is 0.625. The molecule has 0 radical (unpaired) electrons. The third-order valence-electron chi connectivity index (χ3n) is 4.04. The van der Waals surface area contributed by atoms with E-state index in [0.717, 1.165) is 18.0 Å². The van der Waals surface area contributed by atoms with Gasteiger partial charge in [0.05, 0.1) is 12.1 Å². The molecule has 2 rings (SSSR count). The van der Waals surface area contributed by atoms with Crippen molar-refractivity contribution in [3.63, 3.8) is 0 Å². The lowest BCUT2D eigenvalue weighted by molar-refractivity contribution is 0.113. The van der Waals surface area contributed by atoms with Crippen molar-refractivity contribution in [1.82, 2.24) is 4.90 Å².